The number of hydrogen-bond acceptors (Lipinski definition) is 3. The van der Waals surface area contributed by atoms with Crippen molar-refractivity contribution in [2.75, 3.05) is 13.7 Å². The molecule has 21 heavy (non-hydrogen) atoms. The van der Waals surface area contributed by atoms with Gasteiger partial charge in [0.15, 0.2) is 11.5 Å². The number of benzene rings is 1. The summed E-state index contributed by atoms with van der Waals surface area (Å²) < 4.78 is 11.9. The van der Waals surface area contributed by atoms with Crippen LogP contribution in [0, 0.1) is 11.8 Å². The second-order valence-electron chi connectivity index (χ2n) is 6.39. The van der Waals surface area contributed by atoms with E-state index in [0.717, 1.165) is 49.3 Å². The van der Waals surface area contributed by atoms with Gasteiger partial charge >= 0.3 is 0 Å². The van der Waals surface area contributed by atoms with E-state index in [0.29, 0.717) is 6.10 Å². The molecule has 3 nitrogen and oxygen atoms in total. The molecule has 1 aromatic rings. The van der Waals surface area contributed by atoms with Crippen molar-refractivity contribution in [3.05, 3.63) is 23.8 Å². The zero-order chi connectivity index (χ0) is 15.2. The number of ether oxygens (including phenoxy) is 2. The third kappa shape index (κ3) is 4.37. The summed E-state index contributed by atoms with van der Waals surface area (Å²) in [6.07, 6.45) is 3.91. The molecule has 2 atom stereocenters. The Morgan fingerprint density at radius 3 is 2.48 bits per heavy atom. The zero-order valence-corrected chi connectivity index (χ0v) is 13.8. The van der Waals surface area contributed by atoms with Gasteiger partial charge in [-0.05, 0) is 43.7 Å². The van der Waals surface area contributed by atoms with Crippen LogP contribution >= 0.6 is 0 Å². The fourth-order valence-corrected chi connectivity index (χ4v) is 3.39. The van der Waals surface area contributed by atoms with Crippen LogP contribution in [0.1, 0.15) is 45.6 Å². The predicted molar refractivity (Wildman–Crippen MR) is 87.0 cm³/mol. The Hall–Kier alpha value is -1.22. The lowest BCUT2D eigenvalue weighted by molar-refractivity contribution is 0.0968. The van der Waals surface area contributed by atoms with E-state index in [9.17, 15) is 0 Å². The molecular weight excluding hydrogens is 262 g/mol. The lowest BCUT2D eigenvalue weighted by atomic mass is 9.82. The molecule has 0 bridgehead atoms. The molecule has 1 aromatic carbocycles. The van der Waals surface area contributed by atoms with E-state index in [-0.39, 0.29) is 0 Å². The zero-order valence-electron chi connectivity index (χ0n) is 13.8. The van der Waals surface area contributed by atoms with Gasteiger partial charge in [0.2, 0.25) is 0 Å². The Balaban J connectivity index is 2.16. The molecule has 2 rings (SSSR count). The highest BCUT2D eigenvalue weighted by molar-refractivity contribution is 5.46. The first kappa shape index (κ1) is 16.2. The van der Waals surface area contributed by atoms with Crippen molar-refractivity contribution in [1.82, 2.24) is 5.32 Å². The Morgan fingerprint density at radius 1 is 1.14 bits per heavy atom. The van der Waals surface area contributed by atoms with Crippen LogP contribution in [0.2, 0.25) is 0 Å². The van der Waals surface area contributed by atoms with Crippen LogP contribution < -0.4 is 14.8 Å². The molecule has 0 aliphatic heterocycles. The van der Waals surface area contributed by atoms with Gasteiger partial charge in [-0.25, -0.2) is 0 Å². The number of para-hydroxylation sites is 1. The van der Waals surface area contributed by atoms with E-state index in [2.05, 4.69) is 32.2 Å². The van der Waals surface area contributed by atoms with Crippen LogP contribution in [0.15, 0.2) is 18.2 Å². The minimum Gasteiger partial charge on any atom is -0.493 e. The summed E-state index contributed by atoms with van der Waals surface area (Å²) in [6.45, 7) is 8.54. The van der Waals surface area contributed by atoms with Gasteiger partial charge in [-0.3, -0.25) is 0 Å². The molecule has 0 amide bonds. The van der Waals surface area contributed by atoms with Gasteiger partial charge in [-0.15, -0.1) is 0 Å². The third-order valence-electron chi connectivity index (χ3n) is 4.27. The van der Waals surface area contributed by atoms with Crippen molar-refractivity contribution in [3.8, 4) is 11.5 Å². The van der Waals surface area contributed by atoms with Crippen molar-refractivity contribution in [2.24, 2.45) is 11.8 Å². The van der Waals surface area contributed by atoms with Gasteiger partial charge in [0.05, 0.1) is 13.2 Å². The molecule has 0 aromatic heterocycles. The van der Waals surface area contributed by atoms with Gasteiger partial charge in [0, 0.05) is 12.1 Å². The maximum atomic E-state index is 6.38. The molecule has 3 heteroatoms. The molecule has 1 saturated carbocycles. The fourth-order valence-electron chi connectivity index (χ4n) is 3.39. The highest BCUT2D eigenvalue weighted by Crippen LogP contribution is 2.36. The Kier molecular flexibility index (Phi) is 5.92. The summed E-state index contributed by atoms with van der Waals surface area (Å²) in [6, 6.07) is 6.14. The fraction of sp³-hybridized carbons (Fsp3) is 0.667. The number of nitrogens with one attached hydrogen (secondary N) is 1. The van der Waals surface area contributed by atoms with E-state index in [4.69, 9.17) is 9.47 Å². The van der Waals surface area contributed by atoms with Crippen LogP contribution in [-0.2, 0) is 6.54 Å². The Bertz CT molecular complexity index is 437. The monoisotopic (exact) mass is 291 g/mol. The van der Waals surface area contributed by atoms with Crippen LogP contribution in [-0.4, -0.2) is 19.8 Å². The third-order valence-corrected chi connectivity index (χ3v) is 4.27. The molecule has 1 aliphatic rings. The first-order valence-electron chi connectivity index (χ1n) is 8.17. The molecule has 118 valence electrons. The molecule has 0 radical (unpaired) electrons. The average Bonchev–Trinajstić information content (AvgIpc) is 2.45. The first-order chi connectivity index (χ1) is 10.1. The minimum atomic E-state index is 0.306. The topological polar surface area (TPSA) is 30.5 Å². The van der Waals surface area contributed by atoms with E-state index in [1.54, 1.807) is 7.11 Å². The molecule has 1 aliphatic carbocycles. The largest absolute Gasteiger partial charge is 0.493 e. The van der Waals surface area contributed by atoms with Crippen LogP contribution in [0.25, 0.3) is 0 Å². The number of methoxy groups -OCH3 is 1. The van der Waals surface area contributed by atoms with E-state index in [1.807, 2.05) is 12.1 Å². The molecule has 2 unspecified atom stereocenters. The predicted octanol–water partition coefficient (Wildman–Crippen LogP) is 4.01. The van der Waals surface area contributed by atoms with Crippen molar-refractivity contribution in [1.29, 1.82) is 0 Å². The van der Waals surface area contributed by atoms with Gasteiger partial charge in [0.25, 0.3) is 0 Å². The highest BCUT2D eigenvalue weighted by Gasteiger charge is 2.26. The van der Waals surface area contributed by atoms with E-state index >= 15 is 0 Å². The molecular formula is C18H29NO2. The molecule has 0 spiro atoms. The van der Waals surface area contributed by atoms with Crippen molar-refractivity contribution in [3.63, 3.8) is 0 Å². The van der Waals surface area contributed by atoms with Crippen LogP contribution in [0.5, 0.6) is 11.5 Å². The summed E-state index contributed by atoms with van der Waals surface area (Å²) in [5.74, 6) is 3.25. The van der Waals surface area contributed by atoms with E-state index < -0.39 is 0 Å². The lowest BCUT2D eigenvalue weighted by Gasteiger charge is -2.32. The van der Waals surface area contributed by atoms with Gasteiger partial charge in [-0.2, -0.15) is 0 Å². The smallest absolute Gasteiger partial charge is 0.166 e. The summed E-state index contributed by atoms with van der Waals surface area (Å²) in [7, 11) is 1.71. The Morgan fingerprint density at radius 2 is 1.86 bits per heavy atom. The Labute approximate surface area is 129 Å². The second kappa shape index (κ2) is 7.69. The molecule has 1 fully saturated rings. The summed E-state index contributed by atoms with van der Waals surface area (Å²) in [5, 5.41) is 3.38. The lowest BCUT2D eigenvalue weighted by Crippen LogP contribution is -2.29. The molecule has 0 heterocycles. The SMILES string of the molecule is CCNCc1cccc(OC)c1OC1CC(C)CC(C)C1. The number of hydrogen-bond donors (Lipinski definition) is 1. The minimum absolute atomic E-state index is 0.306. The summed E-state index contributed by atoms with van der Waals surface area (Å²) in [4.78, 5) is 0. The summed E-state index contributed by atoms with van der Waals surface area (Å²) >= 11 is 0. The second-order valence-corrected chi connectivity index (χ2v) is 6.39. The molecule has 1 N–H and O–H groups in total. The quantitative estimate of drug-likeness (QED) is 0.859. The van der Waals surface area contributed by atoms with Gasteiger partial charge in [-0.1, -0.05) is 32.9 Å². The standard InChI is InChI=1S/C18H29NO2/c1-5-19-12-15-7-6-8-17(20-4)18(15)21-16-10-13(2)9-14(3)11-16/h6-8,13-14,16,19H,5,9-12H2,1-4H3. The van der Waals surface area contributed by atoms with Crippen molar-refractivity contribution >= 4 is 0 Å². The van der Waals surface area contributed by atoms with Crippen molar-refractivity contribution < 1.29 is 9.47 Å². The van der Waals surface area contributed by atoms with Crippen molar-refractivity contribution in [2.45, 2.75) is 52.7 Å². The normalized spacial score (nSPS) is 25.6. The first-order valence-corrected chi connectivity index (χ1v) is 8.17. The summed E-state index contributed by atoms with van der Waals surface area (Å²) in [5.41, 5.74) is 1.18. The van der Waals surface area contributed by atoms with Crippen LogP contribution in [0.3, 0.4) is 0 Å². The van der Waals surface area contributed by atoms with Crippen LogP contribution in [0.4, 0.5) is 0 Å². The molecule has 0 saturated heterocycles. The van der Waals surface area contributed by atoms with Gasteiger partial charge < -0.3 is 14.8 Å². The van der Waals surface area contributed by atoms with E-state index in [1.165, 1.54) is 12.0 Å². The highest BCUT2D eigenvalue weighted by atomic mass is 16.5. The maximum Gasteiger partial charge on any atom is 0.166 e. The number of rotatable bonds is 6. The average molecular weight is 291 g/mol. The van der Waals surface area contributed by atoms with Gasteiger partial charge in [0.1, 0.15) is 0 Å². The maximum absolute atomic E-state index is 6.38.